The topological polar surface area (TPSA) is 18.5 Å². The van der Waals surface area contributed by atoms with Gasteiger partial charge in [-0.1, -0.05) is 13.3 Å². The Kier molecular flexibility index (Phi) is 2.58. The molecule has 3 aliphatic carbocycles. The lowest BCUT2D eigenvalue weighted by molar-refractivity contribution is -0.147. The van der Waals surface area contributed by atoms with Crippen LogP contribution in [-0.4, -0.2) is 26.4 Å². The van der Waals surface area contributed by atoms with Gasteiger partial charge < -0.3 is 9.47 Å². The highest BCUT2D eigenvalue weighted by atomic mass is 16.5. The second-order valence-corrected chi connectivity index (χ2v) is 7.86. The summed E-state index contributed by atoms with van der Waals surface area (Å²) in [4.78, 5) is 0. The van der Waals surface area contributed by atoms with Gasteiger partial charge in [0.2, 0.25) is 0 Å². The summed E-state index contributed by atoms with van der Waals surface area (Å²) in [5, 5.41) is 0. The van der Waals surface area contributed by atoms with Crippen LogP contribution in [0.4, 0.5) is 0 Å². The van der Waals surface area contributed by atoms with Crippen molar-refractivity contribution in [1.29, 1.82) is 0 Å². The Morgan fingerprint density at radius 3 is 2.83 bits per heavy atom. The molecule has 3 saturated carbocycles. The van der Waals surface area contributed by atoms with E-state index in [0.29, 0.717) is 10.8 Å². The van der Waals surface area contributed by atoms with E-state index in [1.54, 1.807) is 0 Å². The van der Waals surface area contributed by atoms with Crippen LogP contribution in [0.15, 0.2) is 0 Å². The predicted octanol–water partition coefficient (Wildman–Crippen LogP) is 3.26. The van der Waals surface area contributed by atoms with Crippen LogP contribution in [0.1, 0.15) is 45.4 Å². The highest BCUT2D eigenvalue weighted by molar-refractivity contribution is 5.08. The Morgan fingerprint density at radius 2 is 2.06 bits per heavy atom. The second-order valence-electron chi connectivity index (χ2n) is 7.86. The number of hydrogen-bond donors (Lipinski definition) is 0. The molecule has 0 aromatic heterocycles. The molecule has 0 aromatic rings. The highest BCUT2D eigenvalue weighted by Crippen LogP contribution is 2.65. The Morgan fingerprint density at radius 1 is 1.17 bits per heavy atom. The summed E-state index contributed by atoms with van der Waals surface area (Å²) in [5.74, 6) is 3.15. The van der Waals surface area contributed by atoms with E-state index < -0.39 is 0 Å². The fourth-order valence-corrected chi connectivity index (χ4v) is 5.49. The molecule has 0 spiro atoms. The highest BCUT2D eigenvalue weighted by Gasteiger charge is 2.58. The number of rotatable bonds is 4. The molecule has 4 aliphatic rings. The molecule has 1 aliphatic heterocycles. The van der Waals surface area contributed by atoms with Gasteiger partial charge in [-0.15, -0.1) is 0 Å². The number of hydrogen-bond acceptors (Lipinski definition) is 2. The standard InChI is InChI=1S/C16H26O2/c1-15(8-17-9-15)10-18-11-16-6-5-12(7-16)13-3-2-4-14(13)16/h12-14H,2-11H2,1H3. The van der Waals surface area contributed by atoms with E-state index in [1.807, 2.05) is 0 Å². The average Bonchev–Trinajstić information content (AvgIpc) is 2.98. The van der Waals surface area contributed by atoms with Crippen LogP contribution in [0.5, 0.6) is 0 Å². The molecule has 102 valence electrons. The first-order chi connectivity index (χ1) is 8.71. The van der Waals surface area contributed by atoms with Crippen molar-refractivity contribution in [3.05, 3.63) is 0 Å². The van der Waals surface area contributed by atoms with E-state index in [4.69, 9.17) is 9.47 Å². The number of fused-ring (bicyclic) bond motifs is 5. The number of ether oxygens (including phenoxy) is 2. The van der Waals surface area contributed by atoms with Gasteiger partial charge in [0.1, 0.15) is 0 Å². The summed E-state index contributed by atoms with van der Waals surface area (Å²) in [7, 11) is 0. The Labute approximate surface area is 110 Å². The van der Waals surface area contributed by atoms with Crippen molar-refractivity contribution < 1.29 is 9.47 Å². The zero-order chi connectivity index (χ0) is 12.2. The van der Waals surface area contributed by atoms with Gasteiger partial charge in [-0.05, 0) is 55.3 Å². The van der Waals surface area contributed by atoms with Gasteiger partial charge in [0.25, 0.3) is 0 Å². The smallest absolute Gasteiger partial charge is 0.0564 e. The SMILES string of the molecule is CC1(COCC23CCC(C2)C2CCCC23)COC1. The molecule has 2 heteroatoms. The zero-order valence-electron chi connectivity index (χ0n) is 11.6. The van der Waals surface area contributed by atoms with E-state index in [-0.39, 0.29) is 0 Å². The lowest BCUT2D eigenvalue weighted by atomic mass is 9.72. The third kappa shape index (κ3) is 1.61. The summed E-state index contributed by atoms with van der Waals surface area (Å²) in [6.07, 6.45) is 8.92. The zero-order valence-corrected chi connectivity index (χ0v) is 11.6. The van der Waals surface area contributed by atoms with Gasteiger partial charge >= 0.3 is 0 Å². The normalized spacial score (nSPS) is 48.2. The largest absolute Gasteiger partial charge is 0.380 e. The summed E-state index contributed by atoms with van der Waals surface area (Å²) < 4.78 is 11.5. The van der Waals surface area contributed by atoms with Gasteiger partial charge in [0, 0.05) is 5.41 Å². The van der Waals surface area contributed by atoms with Crippen LogP contribution in [0.25, 0.3) is 0 Å². The van der Waals surface area contributed by atoms with Gasteiger partial charge in [0.05, 0.1) is 26.4 Å². The van der Waals surface area contributed by atoms with Crippen molar-refractivity contribution in [3.8, 4) is 0 Å². The summed E-state index contributed by atoms with van der Waals surface area (Å²) in [6, 6.07) is 0. The second kappa shape index (κ2) is 3.96. The van der Waals surface area contributed by atoms with Crippen molar-refractivity contribution in [2.75, 3.05) is 26.4 Å². The molecule has 4 atom stereocenters. The van der Waals surface area contributed by atoms with Crippen LogP contribution in [0, 0.1) is 28.6 Å². The molecular formula is C16H26O2. The van der Waals surface area contributed by atoms with Gasteiger partial charge in [0.15, 0.2) is 0 Å². The first kappa shape index (κ1) is 11.7. The minimum Gasteiger partial charge on any atom is -0.380 e. The van der Waals surface area contributed by atoms with Crippen LogP contribution in [0.2, 0.25) is 0 Å². The minimum absolute atomic E-state index is 0.322. The third-order valence-electron chi connectivity index (χ3n) is 6.38. The van der Waals surface area contributed by atoms with Gasteiger partial charge in [-0.2, -0.15) is 0 Å². The first-order valence-electron chi connectivity index (χ1n) is 7.86. The molecule has 4 unspecified atom stereocenters. The van der Waals surface area contributed by atoms with Crippen molar-refractivity contribution >= 4 is 0 Å². The minimum atomic E-state index is 0.322. The van der Waals surface area contributed by atoms with Crippen LogP contribution in [-0.2, 0) is 9.47 Å². The lowest BCUT2D eigenvalue weighted by Crippen LogP contribution is -2.44. The molecule has 1 heterocycles. The molecule has 2 nitrogen and oxygen atoms in total. The molecule has 0 radical (unpaired) electrons. The maximum absolute atomic E-state index is 6.17. The van der Waals surface area contributed by atoms with E-state index in [0.717, 1.165) is 44.2 Å². The van der Waals surface area contributed by atoms with Crippen molar-refractivity contribution in [3.63, 3.8) is 0 Å². The molecule has 4 rings (SSSR count). The monoisotopic (exact) mass is 250 g/mol. The van der Waals surface area contributed by atoms with Gasteiger partial charge in [-0.25, -0.2) is 0 Å². The Balaban J connectivity index is 1.38. The third-order valence-corrected chi connectivity index (χ3v) is 6.38. The van der Waals surface area contributed by atoms with E-state index in [9.17, 15) is 0 Å². The molecule has 0 aromatic carbocycles. The molecule has 0 amide bonds. The van der Waals surface area contributed by atoms with Crippen molar-refractivity contribution in [2.24, 2.45) is 28.6 Å². The van der Waals surface area contributed by atoms with Crippen LogP contribution in [0.3, 0.4) is 0 Å². The van der Waals surface area contributed by atoms with Gasteiger partial charge in [-0.3, -0.25) is 0 Å². The summed E-state index contributed by atoms with van der Waals surface area (Å²) in [6.45, 7) is 6.04. The average molecular weight is 250 g/mol. The predicted molar refractivity (Wildman–Crippen MR) is 70.4 cm³/mol. The first-order valence-corrected chi connectivity index (χ1v) is 7.86. The fourth-order valence-electron chi connectivity index (χ4n) is 5.49. The molecular weight excluding hydrogens is 224 g/mol. The van der Waals surface area contributed by atoms with Crippen LogP contribution < -0.4 is 0 Å². The summed E-state index contributed by atoms with van der Waals surface area (Å²) in [5.41, 5.74) is 0.912. The molecule has 2 bridgehead atoms. The summed E-state index contributed by atoms with van der Waals surface area (Å²) >= 11 is 0. The van der Waals surface area contributed by atoms with E-state index in [2.05, 4.69) is 6.92 Å². The molecule has 0 N–H and O–H groups in total. The maximum atomic E-state index is 6.17. The van der Waals surface area contributed by atoms with E-state index in [1.165, 1.54) is 38.5 Å². The fraction of sp³-hybridized carbons (Fsp3) is 1.00. The lowest BCUT2D eigenvalue weighted by Gasteiger charge is -2.40. The van der Waals surface area contributed by atoms with Crippen molar-refractivity contribution in [1.82, 2.24) is 0 Å². The Hall–Kier alpha value is -0.0800. The van der Waals surface area contributed by atoms with Crippen molar-refractivity contribution in [2.45, 2.75) is 45.4 Å². The van der Waals surface area contributed by atoms with Crippen LogP contribution >= 0.6 is 0 Å². The quantitative estimate of drug-likeness (QED) is 0.762. The maximum Gasteiger partial charge on any atom is 0.0564 e. The molecule has 1 saturated heterocycles. The molecule has 4 fully saturated rings. The molecule has 18 heavy (non-hydrogen) atoms. The Bertz CT molecular complexity index is 336. The van der Waals surface area contributed by atoms with E-state index >= 15 is 0 Å².